The van der Waals surface area contributed by atoms with Crippen LogP contribution in [0.25, 0.3) is 0 Å². The van der Waals surface area contributed by atoms with Gasteiger partial charge in [-0.25, -0.2) is 4.79 Å². The number of amides is 4. The van der Waals surface area contributed by atoms with Crippen molar-refractivity contribution in [2.75, 3.05) is 6.54 Å². The average Bonchev–Trinajstić information content (AvgIpc) is 2.83. The first-order chi connectivity index (χ1) is 18.2. The van der Waals surface area contributed by atoms with Crippen LogP contribution in [0, 0.1) is 0 Å². The number of aromatic hydroxyl groups is 1. The molecule has 0 aromatic heterocycles. The Morgan fingerprint density at radius 1 is 0.923 bits per heavy atom. The molecule has 0 aliphatic carbocycles. The van der Waals surface area contributed by atoms with Crippen LogP contribution in [0.2, 0.25) is 0 Å². The number of carbonyl (C=O) groups is 5. The van der Waals surface area contributed by atoms with Crippen molar-refractivity contribution >= 4 is 35.6 Å². The molecular weight excluding hydrogens is 516 g/mol. The molecule has 0 bridgehead atoms. The summed E-state index contributed by atoms with van der Waals surface area (Å²) in [6, 6.07) is 0.120. The lowest BCUT2D eigenvalue weighted by Gasteiger charge is -2.26. The van der Waals surface area contributed by atoms with Crippen LogP contribution in [0.15, 0.2) is 29.3 Å². The number of aliphatic imine (C=N–C) groups is 1. The Labute approximate surface area is 224 Å². The molecule has 5 atom stereocenters. The van der Waals surface area contributed by atoms with Crippen LogP contribution in [0.4, 0.5) is 0 Å². The van der Waals surface area contributed by atoms with Gasteiger partial charge in [0.2, 0.25) is 23.6 Å². The summed E-state index contributed by atoms with van der Waals surface area (Å²) in [6.45, 7) is 1.26. The number of phenols is 1. The summed E-state index contributed by atoms with van der Waals surface area (Å²) in [5, 5.41) is 35.6. The van der Waals surface area contributed by atoms with Gasteiger partial charge in [-0.15, -0.1) is 0 Å². The Hall–Kier alpha value is -4.44. The number of nitrogens with one attached hydrogen (secondary N) is 3. The van der Waals surface area contributed by atoms with E-state index in [1.54, 1.807) is 0 Å². The molecule has 0 saturated heterocycles. The highest BCUT2D eigenvalue weighted by molar-refractivity contribution is 5.95. The van der Waals surface area contributed by atoms with Gasteiger partial charge in [-0.1, -0.05) is 12.1 Å². The quantitative estimate of drug-likeness (QED) is 0.0537. The molecule has 39 heavy (non-hydrogen) atoms. The van der Waals surface area contributed by atoms with Crippen molar-refractivity contribution < 1.29 is 39.3 Å². The third-order valence-corrected chi connectivity index (χ3v) is 5.39. The smallest absolute Gasteiger partial charge is 0.328 e. The van der Waals surface area contributed by atoms with Crippen LogP contribution < -0.4 is 38.9 Å². The van der Waals surface area contributed by atoms with E-state index in [9.17, 15) is 39.3 Å². The monoisotopic (exact) mass is 552 g/mol. The van der Waals surface area contributed by atoms with E-state index in [0.717, 1.165) is 0 Å². The average molecular weight is 553 g/mol. The van der Waals surface area contributed by atoms with Crippen LogP contribution in [0.5, 0.6) is 5.75 Å². The minimum atomic E-state index is -1.66. The lowest BCUT2D eigenvalue weighted by atomic mass is 10.0. The Balaban J connectivity index is 3.19. The van der Waals surface area contributed by atoms with E-state index in [4.69, 9.17) is 22.9 Å². The van der Waals surface area contributed by atoms with Gasteiger partial charge in [-0.2, -0.15) is 0 Å². The van der Waals surface area contributed by atoms with E-state index in [-0.39, 0.29) is 37.5 Å². The number of aliphatic hydroxyl groups excluding tert-OH is 1. The molecule has 4 amide bonds. The van der Waals surface area contributed by atoms with Gasteiger partial charge < -0.3 is 54.2 Å². The molecule has 5 unspecified atom stereocenters. The summed E-state index contributed by atoms with van der Waals surface area (Å²) < 4.78 is 0. The summed E-state index contributed by atoms with van der Waals surface area (Å²) in [6.07, 6.45) is -1.87. The minimum Gasteiger partial charge on any atom is -0.508 e. The van der Waals surface area contributed by atoms with Crippen molar-refractivity contribution in [1.82, 2.24) is 16.0 Å². The summed E-state index contributed by atoms with van der Waals surface area (Å²) in [5.41, 5.74) is 21.9. The number of rotatable bonds is 16. The van der Waals surface area contributed by atoms with Gasteiger partial charge in [0, 0.05) is 13.0 Å². The van der Waals surface area contributed by atoms with Crippen LogP contribution in [0.1, 0.15) is 31.7 Å². The normalized spacial score (nSPS) is 14.5. The van der Waals surface area contributed by atoms with Crippen molar-refractivity contribution in [1.29, 1.82) is 0 Å². The maximum Gasteiger partial charge on any atom is 0.328 e. The second-order valence-electron chi connectivity index (χ2n) is 8.78. The number of carboxylic acid groups (broad SMARTS) is 1. The van der Waals surface area contributed by atoms with Gasteiger partial charge in [0.25, 0.3) is 0 Å². The number of phenolic OH excluding ortho intramolecular Hbond substituents is 1. The van der Waals surface area contributed by atoms with E-state index in [1.165, 1.54) is 31.2 Å². The topological polar surface area (TPSA) is 299 Å². The molecule has 0 spiro atoms. The van der Waals surface area contributed by atoms with E-state index < -0.39 is 66.3 Å². The van der Waals surface area contributed by atoms with Crippen molar-refractivity contribution in [2.45, 2.75) is 62.9 Å². The number of hydrogen-bond donors (Lipinski definition) is 10. The predicted molar refractivity (Wildman–Crippen MR) is 139 cm³/mol. The number of carboxylic acids is 1. The Kier molecular flexibility index (Phi) is 13.1. The van der Waals surface area contributed by atoms with Crippen LogP contribution in [-0.4, -0.2) is 87.7 Å². The second-order valence-corrected chi connectivity index (χ2v) is 8.78. The fourth-order valence-electron chi connectivity index (χ4n) is 3.35. The highest BCUT2D eigenvalue weighted by atomic mass is 16.4. The lowest BCUT2D eigenvalue weighted by Crippen LogP contribution is -2.58. The van der Waals surface area contributed by atoms with E-state index >= 15 is 0 Å². The zero-order valence-corrected chi connectivity index (χ0v) is 21.4. The SMILES string of the molecule is CC(O)C(NC(=O)C(CCCN=C(N)N)NC(=O)C(Cc1ccc(O)cc1)NC(=O)C(N)CC(N)=O)C(=O)O. The highest BCUT2D eigenvalue weighted by Crippen LogP contribution is 2.12. The number of guanidine groups is 1. The van der Waals surface area contributed by atoms with Gasteiger partial charge >= 0.3 is 5.97 Å². The van der Waals surface area contributed by atoms with E-state index in [1.807, 2.05) is 0 Å². The third kappa shape index (κ3) is 12.1. The molecule has 0 aliphatic rings. The molecule has 0 radical (unpaired) electrons. The lowest BCUT2D eigenvalue weighted by molar-refractivity contribution is -0.145. The number of hydrogen-bond acceptors (Lipinski definition) is 9. The van der Waals surface area contributed by atoms with Gasteiger partial charge in [-0.3, -0.25) is 24.2 Å². The number of carbonyl (C=O) groups excluding carboxylic acids is 4. The van der Waals surface area contributed by atoms with Gasteiger partial charge in [-0.05, 0) is 37.5 Å². The van der Waals surface area contributed by atoms with Crippen molar-refractivity contribution in [3.63, 3.8) is 0 Å². The first-order valence-corrected chi connectivity index (χ1v) is 11.9. The van der Waals surface area contributed by atoms with E-state index in [0.29, 0.717) is 5.56 Å². The molecule has 0 fully saturated rings. The van der Waals surface area contributed by atoms with Gasteiger partial charge in [0.05, 0.1) is 18.6 Å². The standard InChI is InChI=1S/C23H36N8O8/c1-11(32)18(22(38)39)31-20(36)15(3-2-8-28-23(26)27)29-21(37)16(9-12-4-6-13(33)7-5-12)30-19(35)14(24)10-17(25)34/h4-7,11,14-16,18,32-33H,2-3,8-10,24H2,1H3,(H2,25,34)(H,29,37)(H,30,35)(H,31,36)(H,38,39)(H4,26,27,28). The number of primary amides is 1. The fraction of sp³-hybridized carbons (Fsp3) is 0.478. The zero-order chi connectivity index (χ0) is 29.7. The number of nitrogens with two attached hydrogens (primary N) is 4. The summed E-state index contributed by atoms with van der Waals surface area (Å²) in [5.74, 6) is -5.16. The molecule has 0 saturated carbocycles. The first-order valence-electron chi connectivity index (χ1n) is 11.9. The molecule has 1 aromatic rings. The number of aliphatic carboxylic acids is 1. The molecular formula is C23H36N8O8. The Bertz CT molecular complexity index is 1040. The summed E-state index contributed by atoms with van der Waals surface area (Å²) in [7, 11) is 0. The van der Waals surface area contributed by atoms with Crippen LogP contribution >= 0.6 is 0 Å². The molecule has 0 aliphatic heterocycles. The molecule has 16 heteroatoms. The third-order valence-electron chi connectivity index (χ3n) is 5.39. The van der Waals surface area contributed by atoms with Crippen LogP contribution in [0.3, 0.4) is 0 Å². The molecule has 1 rings (SSSR count). The predicted octanol–water partition coefficient (Wildman–Crippen LogP) is -3.89. The molecule has 0 heterocycles. The minimum absolute atomic E-state index is 0.0316. The largest absolute Gasteiger partial charge is 0.508 e. The summed E-state index contributed by atoms with van der Waals surface area (Å²) in [4.78, 5) is 65.2. The molecule has 14 N–H and O–H groups in total. The molecule has 216 valence electrons. The molecule has 1 aromatic carbocycles. The maximum atomic E-state index is 13.3. The second kappa shape index (κ2) is 15.7. The number of benzene rings is 1. The molecule has 16 nitrogen and oxygen atoms in total. The van der Waals surface area contributed by atoms with Crippen LogP contribution in [-0.2, 0) is 30.4 Å². The van der Waals surface area contributed by atoms with Crippen molar-refractivity contribution in [2.24, 2.45) is 27.9 Å². The first kappa shape index (κ1) is 32.6. The fourth-order valence-corrected chi connectivity index (χ4v) is 3.35. The van der Waals surface area contributed by atoms with Crippen molar-refractivity contribution in [3.8, 4) is 5.75 Å². The summed E-state index contributed by atoms with van der Waals surface area (Å²) >= 11 is 0. The Morgan fingerprint density at radius 2 is 1.49 bits per heavy atom. The number of nitrogens with zero attached hydrogens (tertiary/aromatic N) is 1. The van der Waals surface area contributed by atoms with Crippen molar-refractivity contribution in [3.05, 3.63) is 29.8 Å². The highest BCUT2D eigenvalue weighted by Gasteiger charge is 2.32. The van der Waals surface area contributed by atoms with E-state index in [2.05, 4.69) is 20.9 Å². The van der Waals surface area contributed by atoms with Gasteiger partial charge in [0.1, 0.15) is 17.8 Å². The van der Waals surface area contributed by atoms with Gasteiger partial charge in [0.15, 0.2) is 12.0 Å². The zero-order valence-electron chi connectivity index (χ0n) is 21.4. The Morgan fingerprint density at radius 3 is 2.00 bits per heavy atom. The maximum absolute atomic E-state index is 13.3. The number of aliphatic hydroxyl groups is 1.